The zero-order valence-corrected chi connectivity index (χ0v) is 20.6. The van der Waals surface area contributed by atoms with Crippen LogP contribution in [0.4, 0.5) is 0 Å². The lowest BCUT2D eigenvalue weighted by molar-refractivity contribution is -0.0731. The van der Waals surface area contributed by atoms with Gasteiger partial charge in [0, 0.05) is 11.3 Å². The molecule has 0 aromatic carbocycles. The summed E-state index contributed by atoms with van der Waals surface area (Å²) in [6.07, 6.45) is 15.4. The van der Waals surface area contributed by atoms with Crippen molar-refractivity contribution in [3.05, 3.63) is 22.1 Å². The molecule has 0 bridgehead atoms. The van der Waals surface area contributed by atoms with Gasteiger partial charge in [0.25, 0.3) is 0 Å². The van der Waals surface area contributed by atoms with E-state index in [1.165, 1.54) is 50.5 Å². The molecule has 4 aliphatic carbocycles. The van der Waals surface area contributed by atoms with Crippen molar-refractivity contribution in [2.24, 2.45) is 51.5 Å². The van der Waals surface area contributed by atoms with Crippen LogP contribution in [0, 0.1) is 46.3 Å². The molecule has 0 aromatic heterocycles. The lowest BCUT2D eigenvalue weighted by Crippen LogP contribution is -2.52. The molecule has 1 N–H and O–H groups in total. The fraction of sp³-hybridized carbons (Fsp3) is 0.926. The van der Waals surface area contributed by atoms with Crippen LogP contribution >= 0.6 is 0 Å². The first-order valence-corrected chi connectivity index (χ1v) is 13.1. The largest absolute Gasteiger partial charge is 0.383 e. The van der Waals surface area contributed by atoms with E-state index in [1.807, 2.05) is 0 Å². The van der Waals surface area contributed by atoms with Crippen molar-refractivity contribution in [3.63, 3.8) is 0 Å². The van der Waals surface area contributed by atoms with Crippen molar-refractivity contribution >= 4 is 0 Å². The third-order valence-electron chi connectivity index (χ3n) is 10.6. The Morgan fingerprint density at radius 3 is 2.58 bits per heavy atom. The summed E-state index contributed by atoms with van der Waals surface area (Å²) in [6.45, 7) is 12.3. The Morgan fingerprint density at radius 1 is 1.10 bits per heavy atom. The SMILES string of the molecule is CC(C)CCC[C@@H](C)[C@H]1CC[C@H]2[C@@H]3CC=C4C[C@](O)(N=[N+]=[N-])CC[C@]4(C)[C@H]3CC[C@]12C. The monoisotopic (exact) mass is 427 g/mol. The van der Waals surface area contributed by atoms with E-state index in [1.54, 1.807) is 0 Å². The molecule has 0 saturated heterocycles. The average Bonchev–Trinajstić information content (AvgIpc) is 3.06. The van der Waals surface area contributed by atoms with Crippen molar-refractivity contribution in [1.29, 1.82) is 0 Å². The Kier molecular flexibility index (Phi) is 6.29. The number of azide groups is 1. The minimum absolute atomic E-state index is 0.183. The molecule has 3 saturated carbocycles. The van der Waals surface area contributed by atoms with Crippen LogP contribution in [-0.2, 0) is 0 Å². The number of hydrogen-bond donors (Lipinski definition) is 1. The molecule has 4 aliphatic rings. The zero-order chi connectivity index (χ0) is 22.4. The van der Waals surface area contributed by atoms with Crippen LogP contribution < -0.4 is 0 Å². The van der Waals surface area contributed by atoms with E-state index in [-0.39, 0.29) is 5.41 Å². The summed E-state index contributed by atoms with van der Waals surface area (Å²) >= 11 is 0. The number of hydrogen-bond acceptors (Lipinski definition) is 2. The molecule has 4 nitrogen and oxygen atoms in total. The minimum atomic E-state index is -1.21. The maximum atomic E-state index is 10.8. The number of rotatable bonds is 6. The van der Waals surface area contributed by atoms with Crippen LogP contribution in [0.5, 0.6) is 0 Å². The molecule has 0 spiro atoms. The topological polar surface area (TPSA) is 69.0 Å². The molecule has 174 valence electrons. The molecule has 0 aromatic rings. The van der Waals surface area contributed by atoms with E-state index < -0.39 is 5.72 Å². The Balaban J connectivity index is 1.50. The Hall–Kier alpha value is -0.990. The quantitative estimate of drug-likeness (QED) is 0.198. The van der Waals surface area contributed by atoms with Crippen LogP contribution in [0.15, 0.2) is 16.8 Å². The molecule has 0 unspecified atom stereocenters. The molecule has 0 aliphatic heterocycles. The highest BCUT2D eigenvalue weighted by atomic mass is 16.3. The van der Waals surface area contributed by atoms with E-state index in [2.05, 4.69) is 50.7 Å². The Labute approximate surface area is 189 Å². The summed E-state index contributed by atoms with van der Waals surface area (Å²) in [5.74, 6) is 4.96. The highest BCUT2D eigenvalue weighted by Gasteiger charge is 2.59. The van der Waals surface area contributed by atoms with Gasteiger partial charge < -0.3 is 5.11 Å². The lowest BCUT2D eigenvalue weighted by Gasteiger charge is -2.59. The van der Waals surface area contributed by atoms with Gasteiger partial charge in [0.15, 0.2) is 0 Å². The van der Waals surface area contributed by atoms with Crippen molar-refractivity contribution in [3.8, 4) is 0 Å². The normalized spacial score (nSPS) is 45.2. The van der Waals surface area contributed by atoms with E-state index in [9.17, 15) is 5.11 Å². The third kappa shape index (κ3) is 3.97. The minimum Gasteiger partial charge on any atom is -0.383 e. The van der Waals surface area contributed by atoms with Gasteiger partial charge >= 0.3 is 0 Å². The first kappa shape index (κ1) is 23.2. The van der Waals surface area contributed by atoms with Gasteiger partial charge in [-0.15, -0.1) is 0 Å². The van der Waals surface area contributed by atoms with Gasteiger partial charge in [-0.1, -0.05) is 70.6 Å². The second kappa shape index (κ2) is 8.41. The van der Waals surface area contributed by atoms with Crippen LogP contribution in [0.25, 0.3) is 10.4 Å². The molecular weight excluding hydrogens is 382 g/mol. The first-order chi connectivity index (χ1) is 14.6. The van der Waals surface area contributed by atoms with Crippen molar-refractivity contribution in [2.75, 3.05) is 0 Å². The summed E-state index contributed by atoms with van der Waals surface area (Å²) in [6, 6.07) is 0. The highest BCUT2D eigenvalue weighted by molar-refractivity contribution is 5.27. The van der Waals surface area contributed by atoms with Crippen molar-refractivity contribution in [1.82, 2.24) is 0 Å². The molecule has 4 rings (SSSR count). The van der Waals surface area contributed by atoms with E-state index in [0.29, 0.717) is 18.3 Å². The maximum absolute atomic E-state index is 10.8. The Morgan fingerprint density at radius 2 is 1.87 bits per heavy atom. The van der Waals surface area contributed by atoms with Gasteiger partial charge in [-0.2, -0.15) is 0 Å². The first-order valence-electron chi connectivity index (χ1n) is 13.1. The highest BCUT2D eigenvalue weighted by Crippen LogP contribution is 2.67. The molecule has 0 radical (unpaired) electrons. The fourth-order valence-electron chi connectivity index (χ4n) is 8.82. The maximum Gasteiger partial charge on any atom is 0.147 e. The summed E-state index contributed by atoms with van der Waals surface area (Å²) < 4.78 is 0. The number of aliphatic hydroxyl groups is 1. The average molecular weight is 428 g/mol. The summed E-state index contributed by atoms with van der Waals surface area (Å²) in [5.41, 5.74) is 9.75. The third-order valence-corrected chi connectivity index (χ3v) is 10.6. The Bertz CT molecular complexity index is 756. The second-order valence-electron chi connectivity index (χ2n) is 12.6. The van der Waals surface area contributed by atoms with Gasteiger partial charge in [0.1, 0.15) is 5.72 Å². The summed E-state index contributed by atoms with van der Waals surface area (Å²) in [7, 11) is 0. The fourth-order valence-corrected chi connectivity index (χ4v) is 8.82. The van der Waals surface area contributed by atoms with Crippen LogP contribution in [0.1, 0.15) is 105 Å². The van der Waals surface area contributed by atoms with Crippen molar-refractivity contribution in [2.45, 2.75) is 111 Å². The smallest absolute Gasteiger partial charge is 0.147 e. The number of nitrogens with zero attached hydrogens (tertiary/aromatic N) is 3. The predicted octanol–water partition coefficient (Wildman–Crippen LogP) is 8.03. The van der Waals surface area contributed by atoms with Gasteiger partial charge in [-0.25, -0.2) is 0 Å². The molecule has 4 heteroatoms. The van der Waals surface area contributed by atoms with E-state index in [0.717, 1.165) is 48.3 Å². The van der Waals surface area contributed by atoms with Crippen LogP contribution in [-0.4, -0.2) is 10.8 Å². The molecule has 3 fully saturated rings. The van der Waals surface area contributed by atoms with Crippen molar-refractivity contribution < 1.29 is 5.11 Å². The molecule has 0 amide bonds. The van der Waals surface area contributed by atoms with Gasteiger partial charge in [0.05, 0.1) is 0 Å². The van der Waals surface area contributed by atoms with E-state index >= 15 is 0 Å². The van der Waals surface area contributed by atoms with Crippen LogP contribution in [0.2, 0.25) is 0 Å². The number of fused-ring (bicyclic) bond motifs is 5. The zero-order valence-electron chi connectivity index (χ0n) is 20.6. The van der Waals surface area contributed by atoms with Crippen LogP contribution in [0.3, 0.4) is 0 Å². The second-order valence-corrected chi connectivity index (χ2v) is 12.6. The molecule has 0 heterocycles. The molecular formula is C27H45N3O. The standard InChI is InChI=1S/C27H45N3O/c1-18(2)7-6-8-19(3)22-11-12-23-21-10-9-20-17-27(31,29-30-28)16-15-25(20,4)24(21)13-14-26(22,23)5/h9,18-19,21-24,31H,6-8,10-17H2,1-5H3/t19-,21+,22-,23+,24+,25+,26-,27+/m1/s1. The van der Waals surface area contributed by atoms with Gasteiger partial charge in [-0.3, -0.25) is 0 Å². The van der Waals surface area contributed by atoms with Gasteiger partial charge in [-0.05, 0) is 96.8 Å². The molecule has 8 atom stereocenters. The van der Waals surface area contributed by atoms with Gasteiger partial charge in [0.2, 0.25) is 0 Å². The summed E-state index contributed by atoms with van der Waals surface area (Å²) in [4.78, 5) is 2.93. The number of allylic oxidation sites excluding steroid dienone is 1. The lowest BCUT2D eigenvalue weighted by atomic mass is 9.46. The summed E-state index contributed by atoms with van der Waals surface area (Å²) in [5, 5.41) is 14.5. The van der Waals surface area contributed by atoms with E-state index in [4.69, 9.17) is 5.53 Å². The predicted molar refractivity (Wildman–Crippen MR) is 127 cm³/mol. The molecule has 31 heavy (non-hydrogen) atoms.